The molecule has 0 unspecified atom stereocenters. The van der Waals surface area contributed by atoms with Crippen molar-refractivity contribution in [2.75, 3.05) is 0 Å². The number of fused-ring (bicyclic) bond motifs is 8. The minimum absolute atomic E-state index is 1.19. The highest BCUT2D eigenvalue weighted by Gasteiger charge is 2.21. The summed E-state index contributed by atoms with van der Waals surface area (Å²) in [5.74, 6) is 0. The average Bonchev–Trinajstić information content (AvgIpc) is 3.70. The normalized spacial score (nSPS) is 11.9. The van der Waals surface area contributed by atoms with Crippen LogP contribution in [-0.4, -0.2) is 4.57 Å². The van der Waals surface area contributed by atoms with Gasteiger partial charge in [0, 0.05) is 46.9 Å². The summed E-state index contributed by atoms with van der Waals surface area (Å²) in [5.41, 5.74) is 8.89. The highest BCUT2D eigenvalue weighted by Crippen LogP contribution is 2.48. The van der Waals surface area contributed by atoms with Gasteiger partial charge >= 0.3 is 0 Å². The van der Waals surface area contributed by atoms with Crippen molar-refractivity contribution in [1.82, 2.24) is 4.57 Å². The van der Waals surface area contributed by atoms with Gasteiger partial charge in [0.25, 0.3) is 0 Å². The van der Waals surface area contributed by atoms with Gasteiger partial charge < -0.3 is 4.57 Å². The van der Waals surface area contributed by atoms with E-state index in [0.717, 1.165) is 0 Å². The number of aromatic nitrogens is 1. The van der Waals surface area contributed by atoms with Crippen molar-refractivity contribution in [2.45, 2.75) is 0 Å². The van der Waals surface area contributed by atoms with E-state index < -0.39 is 0 Å². The number of hydrogen-bond acceptors (Lipinski definition) is 2. The van der Waals surface area contributed by atoms with Crippen LogP contribution >= 0.6 is 22.7 Å². The van der Waals surface area contributed by atoms with Crippen LogP contribution in [0.4, 0.5) is 0 Å². The Labute approximate surface area is 245 Å². The van der Waals surface area contributed by atoms with Crippen LogP contribution in [0.5, 0.6) is 0 Å². The Hall–Kier alpha value is -4.70. The van der Waals surface area contributed by atoms with Crippen molar-refractivity contribution in [3.05, 3.63) is 140 Å². The second-order valence-electron chi connectivity index (χ2n) is 10.5. The van der Waals surface area contributed by atoms with Crippen LogP contribution in [0.1, 0.15) is 0 Å². The zero-order valence-corrected chi connectivity index (χ0v) is 23.7. The van der Waals surface area contributed by atoms with E-state index in [1.54, 1.807) is 0 Å². The lowest BCUT2D eigenvalue weighted by Crippen LogP contribution is -1.93. The highest BCUT2D eigenvalue weighted by molar-refractivity contribution is 7.27. The van der Waals surface area contributed by atoms with E-state index in [1.165, 1.54) is 79.3 Å². The molecular formula is C38H23NS2. The molecule has 192 valence electrons. The molecule has 0 aliphatic carbocycles. The lowest BCUT2D eigenvalue weighted by molar-refractivity contribution is 1.19. The topological polar surface area (TPSA) is 4.93 Å². The molecule has 6 aromatic carbocycles. The van der Waals surface area contributed by atoms with Gasteiger partial charge in [-0.2, -0.15) is 0 Å². The minimum atomic E-state index is 1.19. The molecule has 1 nitrogen and oxygen atoms in total. The minimum Gasteiger partial charge on any atom is -0.308 e. The van der Waals surface area contributed by atoms with E-state index in [-0.39, 0.29) is 0 Å². The molecule has 9 rings (SSSR count). The Kier molecular flexibility index (Phi) is 5.00. The summed E-state index contributed by atoms with van der Waals surface area (Å²) in [6.45, 7) is 0. The third-order valence-electron chi connectivity index (χ3n) is 8.23. The Morgan fingerprint density at radius 3 is 1.88 bits per heavy atom. The largest absolute Gasteiger partial charge is 0.308 e. The predicted molar refractivity (Wildman–Crippen MR) is 180 cm³/mol. The first-order chi connectivity index (χ1) is 20.4. The van der Waals surface area contributed by atoms with Gasteiger partial charge in [-0.3, -0.25) is 0 Å². The van der Waals surface area contributed by atoms with Gasteiger partial charge in [0.1, 0.15) is 0 Å². The van der Waals surface area contributed by atoms with Gasteiger partial charge in [0.05, 0.1) is 15.7 Å². The summed E-state index contributed by atoms with van der Waals surface area (Å²) in [7, 11) is 0. The van der Waals surface area contributed by atoms with Crippen molar-refractivity contribution in [3.63, 3.8) is 0 Å². The third kappa shape index (κ3) is 3.34. The van der Waals surface area contributed by atoms with Crippen LogP contribution < -0.4 is 0 Å². The van der Waals surface area contributed by atoms with Crippen molar-refractivity contribution in [3.8, 4) is 27.9 Å². The summed E-state index contributed by atoms with van der Waals surface area (Å²) in [4.78, 5) is 0. The molecule has 0 atom stereocenters. The van der Waals surface area contributed by atoms with Gasteiger partial charge in [-0.1, -0.05) is 109 Å². The van der Waals surface area contributed by atoms with Gasteiger partial charge in [0.15, 0.2) is 0 Å². The van der Waals surface area contributed by atoms with Crippen molar-refractivity contribution < 1.29 is 0 Å². The number of hydrogen-bond donors (Lipinski definition) is 0. The zero-order chi connectivity index (χ0) is 26.9. The monoisotopic (exact) mass is 557 g/mol. The van der Waals surface area contributed by atoms with E-state index in [1.807, 2.05) is 22.7 Å². The summed E-state index contributed by atoms with van der Waals surface area (Å²) in [6.07, 6.45) is 0. The summed E-state index contributed by atoms with van der Waals surface area (Å²) in [5, 5.41) is 5.30. The molecular weight excluding hydrogens is 535 g/mol. The number of para-hydroxylation sites is 2. The molecule has 9 aromatic rings. The quantitative estimate of drug-likeness (QED) is 0.204. The fourth-order valence-electron chi connectivity index (χ4n) is 6.50. The molecule has 3 heterocycles. The van der Waals surface area contributed by atoms with Crippen molar-refractivity contribution in [1.29, 1.82) is 0 Å². The first-order valence-corrected chi connectivity index (χ1v) is 15.5. The Morgan fingerprint density at radius 1 is 0.390 bits per heavy atom. The van der Waals surface area contributed by atoms with Crippen LogP contribution in [0.3, 0.4) is 0 Å². The van der Waals surface area contributed by atoms with E-state index in [2.05, 4.69) is 144 Å². The fraction of sp³-hybridized carbons (Fsp3) is 0. The van der Waals surface area contributed by atoms with Gasteiger partial charge in [-0.05, 0) is 47.0 Å². The molecule has 41 heavy (non-hydrogen) atoms. The van der Waals surface area contributed by atoms with Gasteiger partial charge in [-0.15, -0.1) is 22.7 Å². The predicted octanol–water partition coefficient (Wildman–Crippen LogP) is 11.7. The van der Waals surface area contributed by atoms with E-state index in [9.17, 15) is 0 Å². The number of thiophene rings is 2. The maximum Gasteiger partial charge on any atom is 0.0727 e. The van der Waals surface area contributed by atoms with Crippen molar-refractivity contribution >= 4 is 74.1 Å². The Bertz CT molecular complexity index is 2420. The molecule has 0 saturated carbocycles. The lowest BCUT2D eigenvalue weighted by atomic mass is 9.91. The van der Waals surface area contributed by atoms with Crippen LogP contribution in [0.15, 0.2) is 140 Å². The maximum atomic E-state index is 2.44. The van der Waals surface area contributed by atoms with E-state index >= 15 is 0 Å². The second-order valence-corrected chi connectivity index (χ2v) is 12.6. The second kappa shape index (κ2) is 8.90. The summed E-state index contributed by atoms with van der Waals surface area (Å²) >= 11 is 3.80. The van der Waals surface area contributed by atoms with E-state index in [0.29, 0.717) is 0 Å². The van der Waals surface area contributed by atoms with Gasteiger partial charge in [-0.25, -0.2) is 0 Å². The molecule has 0 bridgehead atoms. The molecule has 0 N–H and O–H groups in total. The third-order valence-corrected chi connectivity index (χ3v) is 10.6. The lowest BCUT2D eigenvalue weighted by Gasteiger charge is -2.13. The smallest absolute Gasteiger partial charge is 0.0727 e. The molecule has 3 aromatic heterocycles. The maximum absolute atomic E-state index is 2.44. The summed E-state index contributed by atoms with van der Waals surface area (Å²) < 4.78 is 7.79. The molecule has 0 saturated heterocycles. The van der Waals surface area contributed by atoms with Crippen LogP contribution in [0.25, 0.3) is 79.3 Å². The number of rotatable bonds is 3. The van der Waals surface area contributed by atoms with Crippen molar-refractivity contribution in [2.24, 2.45) is 0 Å². The molecule has 0 radical (unpaired) electrons. The Balaban J connectivity index is 1.36. The first kappa shape index (κ1) is 23.0. The van der Waals surface area contributed by atoms with Crippen LogP contribution in [0, 0.1) is 0 Å². The van der Waals surface area contributed by atoms with Gasteiger partial charge in [0.2, 0.25) is 0 Å². The fourth-order valence-corrected chi connectivity index (χ4v) is 8.98. The summed E-state index contributed by atoms with van der Waals surface area (Å²) in [6, 6.07) is 50.9. The standard InChI is InChI=1S/C38H23NS2/c1-2-12-24(13-3-1)39-32-21-8-6-16-29(32)38-36(39)31-20-10-19-28(37(31)41-38)26-15-5-4-14-25(26)27-18-11-23-34-35(27)30-17-7-9-22-33(30)40-34/h1-23H. The number of nitrogens with zero attached hydrogens (tertiary/aromatic N) is 1. The molecule has 0 fully saturated rings. The van der Waals surface area contributed by atoms with E-state index in [4.69, 9.17) is 0 Å². The Morgan fingerprint density at radius 2 is 1.00 bits per heavy atom. The highest BCUT2D eigenvalue weighted by atomic mass is 32.1. The van der Waals surface area contributed by atoms with Crippen LogP contribution in [-0.2, 0) is 0 Å². The van der Waals surface area contributed by atoms with Crippen LogP contribution in [0.2, 0.25) is 0 Å². The SMILES string of the molecule is c1ccc(-n2c3ccccc3c3sc4c(-c5ccccc5-c5cccc6sc7ccccc7c56)cccc4c32)cc1. The first-order valence-electron chi connectivity index (χ1n) is 13.9. The molecule has 0 spiro atoms. The molecule has 3 heteroatoms. The average molecular weight is 558 g/mol. The number of benzene rings is 6. The zero-order valence-electron chi connectivity index (χ0n) is 22.0. The molecule has 0 amide bonds. The molecule has 0 aliphatic heterocycles. The molecule has 0 aliphatic rings.